The minimum Gasteiger partial charge on any atom is -0.397 e. The van der Waals surface area contributed by atoms with Crippen LogP contribution in [0.15, 0.2) is 10.5 Å². The first-order chi connectivity index (χ1) is 5.57. The summed E-state index contributed by atoms with van der Waals surface area (Å²) in [7, 11) is 0. The minimum absolute atomic E-state index is 0.674. The second-order valence-electron chi connectivity index (χ2n) is 2.83. The van der Waals surface area contributed by atoms with Gasteiger partial charge in [0.2, 0.25) is 0 Å². The molecular formula is C9H13BrN2. The molecule has 0 unspecified atom stereocenters. The molecule has 0 radical (unpaired) electrons. The highest BCUT2D eigenvalue weighted by atomic mass is 79.9. The Balaban J connectivity index is 3.39. The lowest BCUT2D eigenvalue weighted by molar-refractivity contribution is 1.12. The van der Waals surface area contributed by atoms with Crippen LogP contribution in [0.4, 0.5) is 11.4 Å². The molecule has 0 aliphatic heterocycles. The van der Waals surface area contributed by atoms with Crippen molar-refractivity contribution in [1.29, 1.82) is 0 Å². The molecule has 0 saturated carbocycles. The molecule has 0 heterocycles. The Kier molecular flexibility index (Phi) is 2.62. The van der Waals surface area contributed by atoms with E-state index in [0.29, 0.717) is 11.4 Å². The maximum atomic E-state index is 5.75. The molecule has 0 bridgehead atoms. The molecule has 66 valence electrons. The van der Waals surface area contributed by atoms with E-state index >= 15 is 0 Å². The van der Waals surface area contributed by atoms with Crippen molar-refractivity contribution < 1.29 is 0 Å². The fourth-order valence-corrected chi connectivity index (χ4v) is 1.77. The summed E-state index contributed by atoms with van der Waals surface area (Å²) < 4.78 is 1.08. The van der Waals surface area contributed by atoms with Crippen molar-refractivity contribution in [1.82, 2.24) is 0 Å². The number of nitrogen functional groups attached to an aromatic ring is 2. The van der Waals surface area contributed by atoms with E-state index < -0.39 is 0 Å². The lowest BCUT2D eigenvalue weighted by atomic mass is 10.1. The molecule has 12 heavy (non-hydrogen) atoms. The summed E-state index contributed by atoms with van der Waals surface area (Å²) in [5.74, 6) is 0. The van der Waals surface area contributed by atoms with Gasteiger partial charge in [0, 0.05) is 4.47 Å². The molecule has 3 heteroatoms. The van der Waals surface area contributed by atoms with Crippen LogP contribution in [-0.2, 0) is 6.42 Å². The number of rotatable bonds is 1. The lowest BCUT2D eigenvalue weighted by Gasteiger charge is -2.10. The van der Waals surface area contributed by atoms with Crippen LogP contribution < -0.4 is 11.5 Å². The van der Waals surface area contributed by atoms with Gasteiger partial charge in [0.15, 0.2) is 0 Å². The third-order valence-corrected chi connectivity index (χ3v) is 3.14. The number of halogens is 1. The molecule has 1 aromatic rings. The molecular weight excluding hydrogens is 216 g/mol. The van der Waals surface area contributed by atoms with Gasteiger partial charge in [-0.3, -0.25) is 0 Å². The van der Waals surface area contributed by atoms with Crippen LogP contribution in [0.25, 0.3) is 0 Å². The van der Waals surface area contributed by atoms with Crippen molar-refractivity contribution in [3.63, 3.8) is 0 Å². The average Bonchev–Trinajstić information content (AvgIpc) is 2.08. The van der Waals surface area contributed by atoms with Crippen molar-refractivity contribution in [2.45, 2.75) is 20.3 Å². The van der Waals surface area contributed by atoms with Crippen molar-refractivity contribution in [2.24, 2.45) is 0 Å². The fourth-order valence-electron chi connectivity index (χ4n) is 1.16. The Labute approximate surface area is 81.1 Å². The van der Waals surface area contributed by atoms with Crippen LogP contribution in [0, 0.1) is 6.92 Å². The lowest BCUT2D eigenvalue weighted by Crippen LogP contribution is -2.00. The predicted molar refractivity (Wildman–Crippen MR) is 57.1 cm³/mol. The van der Waals surface area contributed by atoms with E-state index in [0.717, 1.165) is 16.5 Å². The van der Waals surface area contributed by atoms with E-state index in [1.165, 1.54) is 5.56 Å². The van der Waals surface area contributed by atoms with Gasteiger partial charge in [0.05, 0.1) is 11.4 Å². The molecule has 0 aromatic heterocycles. The van der Waals surface area contributed by atoms with Gasteiger partial charge >= 0.3 is 0 Å². The van der Waals surface area contributed by atoms with Crippen LogP contribution in [-0.4, -0.2) is 0 Å². The summed E-state index contributed by atoms with van der Waals surface area (Å²) in [6.45, 7) is 4.06. The third kappa shape index (κ3) is 1.41. The van der Waals surface area contributed by atoms with Gasteiger partial charge in [0.25, 0.3) is 0 Å². The normalized spacial score (nSPS) is 10.2. The summed E-state index contributed by atoms with van der Waals surface area (Å²) in [5, 5.41) is 0. The quantitative estimate of drug-likeness (QED) is 0.727. The number of anilines is 2. The SMILES string of the molecule is CCc1cc(N)c(N)c(C)c1Br. The maximum absolute atomic E-state index is 5.75. The zero-order valence-electron chi connectivity index (χ0n) is 7.32. The van der Waals surface area contributed by atoms with Crippen LogP contribution in [0.5, 0.6) is 0 Å². The largest absolute Gasteiger partial charge is 0.397 e. The Morgan fingerprint density at radius 1 is 1.42 bits per heavy atom. The average molecular weight is 229 g/mol. The standard InChI is InChI=1S/C9H13BrN2/c1-3-6-4-7(11)9(12)5(2)8(6)10/h4H,3,11-12H2,1-2H3. The monoisotopic (exact) mass is 228 g/mol. The second-order valence-corrected chi connectivity index (χ2v) is 3.62. The molecule has 0 fully saturated rings. The van der Waals surface area contributed by atoms with Gasteiger partial charge in [-0.1, -0.05) is 22.9 Å². The first kappa shape index (κ1) is 9.39. The first-order valence-electron chi connectivity index (χ1n) is 3.90. The van der Waals surface area contributed by atoms with Crippen LogP contribution in [0.3, 0.4) is 0 Å². The summed E-state index contributed by atoms with van der Waals surface area (Å²) in [5.41, 5.74) is 15.1. The number of hydrogen-bond acceptors (Lipinski definition) is 2. The maximum Gasteiger partial charge on any atom is 0.0589 e. The molecule has 0 amide bonds. The van der Waals surface area contributed by atoms with Gasteiger partial charge < -0.3 is 11.5 Å². The summed E-state index contributed by atoms with van der Waals surface area (Å²) in [6.07, 6.45) is 0.964. The highest BCUT2D eigenvalue weighted by Crippen LogP contribution is 2.31. The van der Waals surface area contributed by atoms with Crippen molar-refractivity contribution in [2.75, 3.05) is 11.5 Å². The molecule has 0 spiro atoms. The minimum atomic E-state index is 0.674. The molecule has 2 nitrogen and oxygen atoms in total. The number of benzene rings is 1. The van der Waals surface area contributed by atoms with E-state index in [4.69, 9.17) is 11.5 Å². The zero-order valence-corrected chi connectivity index (χ0v) is 8.90. The molecule has 0 saturated heterocycles. The fraction of sp³-hybridized carbons (Fsp3) is 0.333. The number of aryl methyl sites for hydroxylation is 1. The predicted octanol–water partition coefficient (Wildman–Crippen LogP) is 2.48. The van der Waals surface area contributed by atoms with Crippen molar-refractivity contribution >= 4 is 27.3 Å². The smallest absolute Gasteiger partial charge is 0.0589 e. The van der Waals surface area contributed by atoms with Gasteiger partial charge in [-0.2, -0.15) is 0 Å². The third-order valence-electron chi connectivity index (χ3n) is 2.04. The summed E-state index contributed by atoms with van der Waals surface area (Å²) in [4.78, 5) is 0. The van der Waals surface area contributed by atoms with Gasteiger partial charge in [-0.15, -0.1) is 0 Å². The summed E-state index contributed by atoms with van der Waals surface area (Å²) in [6, 6.07) is 1.92. The van der Waals surface area contributed by atoms with Gasteiger partial charge in [-0.25, -0.2) is 0 Å². The second kappa shape index (κ2) is 3.35. The zero-order chi connectivity index (χ0) is 9.30. The van der Waals surface area contributed by atoms with Crippen molar-refractivity contribution in [3.8, 4) is 0 Å². The molecule has 1 aromatic carbocycles. The molecule has 0 atom stereocenters. The van der Waals surface area contributed by atoms with E-state index in [1.807, 2.05) is 13.0 Å². The van der Waals surface area contributed by atoms with E-state index in [9.17, 15) is 0 Å². The Morgan fingerprint density at radius 3 is 2.50 bits per heavy atom. The van der Waals surface area contributed by atoms with E-state index in [1.54, 1.807) is 0 Å². The van der Waals surface area contributed by atoms with Crippen molar-refractivity contribution in [3.05, 3.63) is 21.7 Å². The molecule has 0 aliphatic rings. The van der Waals surface area contributed by atoms with Crippen LogP contribution in [0.2, 0.25) is 0 Å². The van der Waals surface area contributed by atoms with E-state index in [-0.39, 0.29) is 0 Å². The number of nitrogens with two attached hydrogens (primary N) is 2. The topological polar surface area (TPSA) is 52.0 Å². The molecule has 0 aliphatic carbocycles. The van der Waals surface area contributed by atoms with Gasteiger partial charge in [-0.05, 0) is 30.5 Å². The van der Waals surface area contributed by atoms with Crippen LogP contribution in [0.1, 0.15) is 18.1 Å². The Bertz CT molecular complexity index is 308. The first-order valence-corrected chi connectivity index (χ1v) is 4.70. The molecule has 1 rings (SSSR count). The van der Waals surface area contributed by atoms with Crippen LogP contribution >= 0.6 is 15.9 Å². The van der Waals surface area contributed by atoms with E-state index in [2.05, 4.69) is 22.9 Å². The number of hydrogen-bond donors (Lipinski definition) is 2. The Morgan fingerprint density at radius 2 is 2.00 bits per heavy atom. The highest BCUT2D eigenvalue weighted by molar-refractivity contribution is 9.10. The molecule has 4 N–H and O–H groups in total. The Hall–Kier alpha value is -0.700. The summed E-state index contributed by atoms with van der Waals surface area (Å²) >= 11 is 3.49. The van der Waals surface area contributed by atoms with Gasteiger partial charge in [0.1, 0.15) is 0 Å². The highest BCUT2D eigenvalue weighted by Gasteiger charge is 2.07.